The number of epoxide rings is 1. The van der Waals surface area contributed by atoms with Gasteiger partial charge in [-0.2, -0.15) is 0 Å². The van der Waals surface area contributed by atoms with Gasteiger partial charge in [-0.15, -0.1) is 0 Å². The third kappa shape index (κ3) is 2.34. The fraction of sp³-hybridized carbons (Fsp3) is 0.500. The Morgan fingerprint density at radius 3 is 2.67 bits per heavy atom. The van der Waals surface area contributed by atoms with E-state index in [4.69, 9.17) is 9.47 Å². The first-order valence-electron chi connectivity index (χ1n) is 5.10. The fourth-order valence-electron chi connectivity index (χ4n) is 1.51. The number of ether oxygens (including phenoxy) is 2. The number of aryl methyl sites for hydroxylation is 1. The molecule has 1 aliphatic heterocycles. The van der Waals surface area contributed by atoms with Crippen molar-refractivity contribution in [2.75, 3.05) is 13.2 Å². The molecule has 1 aromatic carbocycles. The molecule has 2 rings (SSSR count). The number of benzene rings is 1. The van der Waals surface area contributed by atoms with Crippen molar-refractivity contribution in [3.05, 3.63) is 27.2 Å². The lowest BCUT2D eigenvalue weighted by Crippen LogP contribution is -2.06. The average molecular weight is 271 g/mol. The van der Waals surface area contributed by atoms with Gasteiger partial charge in [0.1, 0.15) is 18.5 Å². The van der Waals surface area contributed by atoms with Crippen molar-refractivity contribution >= 4 is 15.9 Å². The summed E-state index contributed by atoms with van der Waals surface area (Å²) in [5.74, 6) is 0.976. The number of hydrogen-bond donors (Lipinski definition) is 0. The summed E-state index contributed by atoms with van der Waals surface area (Å²) >= 11 is 3.58. The van der Waals surface area contributed by atoms with Gasteiger partial charge in [-0.3, -0.25) is 0 Å². The zero-order chi connectivity index (χ0) is 11.0. The van der Waals surface area contributed by atoms with Crippen molar-refractivity contribution in [3.63, 3.8) is 0 Å². The van der Waals surface area contributed by atoms with Crippen LogP contribution in [0, 0.1) is 20.8 Å². The molecule has 1 heterocycles. The number of halogens is 1. The molecule has 0 aromatic heterocycles. The fourth-order valence-corrected chi connectivity index (χ4v) is 1.92. The molecule has 1 aliphatic rings. The largest absolute Gasteiger partial charge is 0.490 e. The highest BCUT2D eigenvalue weighted by Crippen LogP contribution is 2.31. The molecule has 15 heavy (non-hydrogen) atoms. The van der Waals surface area contributed by atoms with E-state index >= 15 is 0 Å². The minimum Gasteiger partial charge on any atom is -0.490 e. The summed E-state index contributed by atoms with van der Waals surface area (Å²) in [7, 11) is 0. The van der Waals surface area contributed by atoms with Gasteiger partial charge in [0.2, 0.25) is 0 Å². The molecule has 1 unspecified atom stereocenters. The Bertz CT molecular complexity index is 384. The third-order valence-corrected chi connectivity index (χ3v) is 4.00. The van der Waals surface area contributed by atoms with Gasteiger partial charge in [0.25, 0.3) is 0 Å². The Balaban J connectivity index is 2.21. The second-order valence-electron chi connectivity index (χ2n) is 4.02. The monoisotopic (exact) mass is 270 g/mol. The van der Waals surface area contributed by atoms with E-state index in [1.807, 2.05) is 0 Å². The van der Waals surface area contributed by atoms with E-state index in [1.165, 1.54) is 21.2 Å². The maximum Gasteiger partial charge on any atom is 0.122 e. The lowest BCUT2D eigenvalue weighted by molar-refractivity contribution is 0.261. The lowest BCUT2D eigenvalue weighted by atomic mass is 10.1. The molecule has 0 aliphatic carbocycles. The summed E-state index contributed by atoms with van der Waals surface area (Å²) < 4.78 is 12.0. The first-order valence-corrected chi connectivity index (χ1v) is 5.89. The third-order valence-electron chi connectivity index (χ3n) is 2.78. The molecule has 2 nitrogen and oxygen atoms in total. The molecule has 3 heteroatoms. The van der Waals surface area contributed by atoms with Gasteiger partial charge >= 0.3 is 0 Å². The normalized spacial score (nSPS) is 19.1. The predicted octanol–water partition coefficient (Wildman–Crippen LogP) is 3.15. The Morgan fingerprint density at radius 2 is 2.07 bits per heavy atom. The number of rotatable bonds is 3. The Hall–Kier alpha value is -0.540. The minimum absolute atomic E-state index is 0.314. The standard InChI is InChI=1S/C12H15BrO2/c1-7-4-11(15-6-10-5-14-10)8(2)9(3)12(7)13/h4,10H,5-6H2,1-3H3. The topological polar surface area (TPSA) is 21.8 Å². The van der Waals surface area contributed by atoms with Crippen molar-refractivity contribution < 1.29 is 9.47 Å². The van der Waals surface area contributed by atoms with Crippen LogP contribution in [-0.4, -0.2) is 19.3 Å². The van der Waals surface area contributed by atoms with Crippen LogP contribution in [-0.2, 0) is 4.74 Å². The van der Waals surface area contributed by atoms with Crippen molar-refractivity contribution in [1.82, 2.24) is 0 Å². The predicted molar refractivity (Wildman–Crippen MR) is 63.6 cm³/mol. The summed E-state index contributed by atoms with van der Waals surface area (Å²) in [5, 5.41) is 0. The zero-order valence-corrected chi connectivity index (χ0v) is 10.8. The first-order chi connectivity index (χ1) is 7.09. The van der Waals surface area contributed by atoms with Crippen LogP contribution in [0.2, 0.25) is 0 Å². The molecule has 0 amide bonds. The van der Waals surface area contributed by atoms with Crippen LogP contribution in [0.4, 0.5) is 0 Å². The summed E-state index contributed by atoms with van der Waals surface area (Å²) in [5.41, 5.74) is 3.67. The molecule has 1 saturated heterocycles. The highest BCUT2D eigenvalue weighted by Gasteiger charge is 2.23. The maximum absolute atomic E-state index is 5.73. The van der Waals surface area contributed by atoms with Gasteiger partial charge in [0.05, 0.1) is 6.61 Å². The van der Waals surface area contributed by atoms with Gasteiger partial charge in [-0.25, -0.2) is 0 Å². The van der Waals surface area contributed by atoms with Crippen LogP contribution >= 0.6 is 15.9 Å². The summed E-state index contributed by atoms with van der Waals surface area (Å²) in [4.78, 5) is 0. The second-order valence-corrected chi connectivity index (χ2v) is 4.81. The van der Waals surface area contributed by atoms with Crippen LogP contribution in [0.1, 0.15) is 16.7 Å². The highest BCUT2D eigenvalue weighted by atomic mass is 79.9. The van der Waals surface area contributed by atoms with Crippen LogP contribution in [0.25, 0.3) is 0 Å². The molecule has 0 N–H and O–H groups in total. The van der Waals surface area contributed by atoms with E-state index in [1.54, 1.807) is 0 Å². The minimum atomic E-state index is 0.314. The second kappa shape index (κ2) is 4.14. The van der Waals surface area contributed by atoms with E-state index in [9.17, 15) is 0 Å². The van der Waals surface area contributed by atoms with Gasteiger partial charge in [-0.05, 0) is 43.5 Å². The smallest absolute Gasteiger partial charge is 0.122 e. The zero-order valence-electron chi connectivity index (χ0n) is 9.26. The van der Waals surface area contributed by atoms with Crippen molar-refractivity contribution in [2.24, 2.45) is 0 Å². The lowest BCUT2D eigenvalue weighted by Gasteiger charge is -2.13. The molecule has 1 atom stereocenters. The Morgan fingerprint density at radius 1 is 1.40 bits per heavy atom. The average Bonchev–Trinajstić information content (AvgIpc) is 3.02. The van der Waals surface area contributed by atoms with Gasteiger partial charge in [0.15, 0.2) is 0 Å². The van der Waals surface area contributed by atoms with E-state index < -0.39 is 0 Å². The summed E-state index contributed by atoms with van der Waals surface area (Å²) in [6.07, 6.45) is 0.314. The van der Waals surface area contributed by atoms with E-state index in [0.29, 0.717) is 12.7 Å². The SMILES string of the molecule is Cc1cc(OCC2CO2)c(C)c(C)c1Br. The van der Waals surface area contributed by atoms with Crippen LogP contribution in [0.5, 0.6) is 5.75 Å². The molecule has 1 fully saturated rings. The Kier molecular flexibility index (Phi) is 3.03. The van der Waals surface area contributed by atoms with Gasteiger partial charge in [-0.1, -0.05) is 15.9 Å². The first kappa shape index (κ1) is 11.0. The molecular formula is C12H15BrO2. The van der Waals surface area contributed by atoms with Crippen LogP contribution < -0.4 is 4.74 Å². The molecule has 0 bridgehead atoms. The quantitative estimate of drug-likeness (QED) is 0.788. The molecule has 0 spiro atoms. The van der Waals surface area contributed by atoms with Crippen molar-refractivity contribution in [3.8, 4) is 5.75 Å². The van der Waals surface area contributed by atoms with Gasteiger partial charge in [0, 0.05) is 4.47 Å². The summed E-state index contributed by atoms with van der Waals surface area (Å²) in [6, 6.07) is 2.08. The van der Waals surface area contributed by atoms with Crippen LogP contribution in [0.15, 0.2) is 10.5 Å². The van der Waals surface area contributed by atoms with Crippen LogP contribution in [0.3, 0.4) is 0 Å². The Labute approximate surface area is 98.7 Å². The summed E-state index contributed by atoms with van der Waals surface area (Å²) in [6.45, 7) is 7.78. The maximum atomic E-state index is 5.73. The molecule has 1 aromatic rings. The van der Waals surface area contributed by atoms with Gasteiger partial charge < -0.3 is 9.47 Å². The number of hydrogen-bond acceptors (Lipinski definition) is 2. The molecule has 0 saturated carbocycles. The highest BCUT2D eigenvalue weighted by molar-refractivity contribution is 9.10. The van der Waals surface area contributed by atoms with Crippen molar-refractivity contribution in [2.45, 2.75) is 26.9 Å². The molecule has 0 radical (unpaired) electrons. The molecule has 82 valence electrons. The van der Waals surface area contributed by atoms with E-state index in [0.717, 1.165) is 12.4 Å². The van der Waals surface area contributed by atoms with E-state index in [-0.39, 0.29) is 0 Å². The molecular weight excluding hydrogens is 256 g/mol. The van der Waals surface area contributed by atoms with Crippen molar-refractivity contribution in [1.29, 1.82) is 0 Å². The van der Waals surface area contributed by atoms with E-state index in [2.05, 4.69) is 42.8 Å².